The highest BCUT2D eigenvalue weighted by molar-refractivity contribution is 6.31. The Morgan fingerprint density at radius 1 is 0.571 bits per heavy atom. The predicted octanol–water partition coefficient (Wildman–Crippen LogP) is 7.39. The fraction of sp³-hybridized carbons (Fsp3) is 0.0400. The lowest BCUT2D eigenvalue weighted by atomic mass is 10.2. The molecule has 4 aromatic rings. The molecule has 4 rings (SSSR count). The molecule has 0 aliphatic carbocycles. The summed E-state index contributed by atoms with van der Waals surface area (Å²) in [6.07, 6.45) is 0. The molecule has 0 aromatic heterocycles. The van der Waals surface area contributed by atoms with Gasteiger partial charge in [0, 0.05) is 27.6 Å². The van der Waals surface area contributed by atoms with E-state index in [1.165, 1.54) is 0 Å². The number of rotatable bonds is 6. The van der Waals surface area contributed by atoms with E-state index in [1.54, 1.807) is 0 Å². The smallest absolute Gasteiger partial charge is 0.119 e. The van der Waals surface area contributed by atoms with Crippen LogP contribution in [-0.2, 0) is 6.61 Å². The molecule has 0 aliphatic heterocycles. The number of hydrogen-bond acceptors (Lipinski definition) is 2. The molecule has 0 N–H and O–H groups in total. The van der Waals surface area contributed by atoms with Gasteiger partial charge in [-0.3, -0.25) is 0 Å². The average Bonchev–Trinajstić information content (AvgIpc) is 2.76. The molecule has 28 heavy (non-hydrogen) atoms. The van der Waals surface area contributed by atoms with E-state index in [2.05, 4.69) is 41.3 Å². The van der Waals surface area contributed by atoms with Crippen LogP contribution < -0.4 is 9.64 Å². The summed E-state index contributed by atoms with van der Waals surface area (Å²) in [5.74, 6) is 0.810. The fourth-order valence-electron chi connectivity index (χ4n) is 3.07. The number of benzene rings is 4. The van der Waals surface area contributed by atoms with Gasteiger partial charge in [0.1, 0.15) is 12.4 Å². The number of para-hydroxylation sites is 2. The zero-order valence-corrected chi connectivity index (χ0v) is 16.1. The predicted molar refractivity (Wildman–Crippen MR) is 117 cm³/mol. The second-order valence-electron chi connectivity index (χ2n) is 6.38. The summed E-state index contributed by atoms with van der Waals surface area (Å²) in [5.41, 5.74) is 4.27. The molecule has 0 radical (unpaired) electrons. The summed E-state index contributed by atoms with van der Waals surface area (Å²) < 4.78 is 5.92. The largest absolute Gasteiger partial charge is 0.489 e. The van der Waals surface area contributed by atoms with Crippen LogP contribution in [0.1, 0.15) is 5.56 Å². The SMILES string of the molecule is Clc1ccccc1COc1ccc(N(c2ccccc2)c2ccccc2)cc1. The van der Waals surface area contributed by atoms with Crippen LogP contribution in [0.3, 0.4) is 0 Å². The van der Waals surface area contributed by atoms with Crippen molar-refractivity contribution in [2.45, 2.75) is 6.61 Å². The van der Waals surface area contributed by atoms with Gasteiger partial charge in [-0.2, -0.15) is 0 Å². The minimum absolute atomic E-state index is 0.445. The van der Waals surface area contributed by atoms with Crippen LogP contribution >= 0.6 is 11.6 Å². The van der Waals surface area contributed by atoms with Crippen LogP contribution in [0.15, 0.2) is 109 Å². The second kappa shape index (κ2) is 8.64. The third kappa shape index (κ3) is 4.19. The molecular weight excluding hydrogens is 366 g/mol. The van der Waals surface area contributed by atoms with Gasteiger partial charge in [0.25, 0.3) is 0 Å². The van der Waals surface area contributed by atoms with E-state index in [0.29, 0.717) is 6.61 Å². The number of ether oxygens (including phenoxy) is 1. The molecule has 4 aromatic carbocycles. The highest BCUT2D eigenvalue weighted by atomic mass is 35.5. The van der Waals surface area contributed by atoms with E-state index in [0.717, 1.165) is 33.4 Å². The highest BCUT2D eigenvalue weighted by Gasteiger charge is 2.11. The van der Waals surface area contributed by atoms with Crippen LogP contribution in [0.5, 0.6) is 5.75 Å². The molecule has 0 aliphatic rings. The zero-order chi connectivity index (χ0) is 19.2. The molecule has 0 saturated heterocycles. The van der Waals surface area contributed by atoms with E-state index in [-0.39, 0.29) is 0 Å². The summed E-state index contributed by atoms with van der Waals surface area (Å²) in [5, 5.41) is 0.721. The lowest BCUT2D eigenvalue weighted by Gasteiger charge is -2.25. The molecule has 138 valence electrons. The second-order valence-corrected chi connectivity index (χ2v) is 6.79. The topological polar surface area (TPSA) is 12.5 Å². The lowest BCUT2D eigenvalue weighted by molar-refractivity contribution is 0.306. The molecule has 0 fully saturated rings. The summed E-state index contributed by atoms with van der Waals surface area (Å²) in [6.45, 7) is 0.445. The van der Waals surface area contributed by atoms with Crippen molar-refractivity contribution >= 4 is 28.7 Å². The monoisotopic (exact) mass is 385 g/mol. The molecule has 0 amide bonds. The Morgan fingerprint density at radius 2 is 1.07 bits per heavy atom. The number of hydrogen-bond donors (Lipinski definition) is 0. The van der Waals surface area contributed by atoms with Gasteiger partial charge >= 0.3 is 0 Å². The van der Waals surface area contributed by atoms with Gasteiger partial charge in [0.15, 0.2) is 0 Å². The average molecular weight is 386 g/mol. The maximum absolute atomic E-state index is 6.21. The van der Waals surface area contributed by atoms with Gasteiger partial charge in [-0.1, -0.05) is 66.2 Å². The van der Waals surface area contributed by atoms with Crippen LogP contribution in [0.25, 0.3) is 0 Å². The molecule has 2 nitrogen and oxygen atoms in total. The molecule has 3 heteroatoms. The van der Waals surface area contributed by atoms with Crippen molar-refractivity contribution in [1.29, 1.82) is 0 Å². The quantitative estimate of drug-likeness (QED) is 0.343. The van der Waals surface area contributed by atoms with Gasteiger partial charge in [-0.25, -0.2) is 0 Å². The first-order valence-electron chi connectivity index (χ1n) is 9.18. The first-order valence-corrected chi connectivity index (χ1v) is 9.55. The van der Waals surface area contributed by atoms with Gasteiger partial charge in [0.05, 0.1) is 0 Å². The van der Waals surface area contributed by atoms with Crippen LogP contribution in [0.2, 0.25) is 5.02 Å². The van der Waals surface area contributed by atoms with Crippen molar-refractivity contribution in [3.63, 3.8) is 0 Å². The number of halogens is 1. The lowest BCUT2D eigenvalue weighted by Crippen LogP contribution is -2.09. The summed E-state index contributed by atoms with van der Waals surface area (Å²) in [6, 6.07) is 36.5. The van der Waals surface area contributed by atoms with Gasteiger partial charge < -0.3 is 9.64 Å². The van der Waals surface area contributed by atoms with Crippen LogP contribution in [-0.4, -0.2) is 0 Å². The maximum atomic E-state index is 6.21. The van der Waals surface area contributed by atoms with Gasteiger partial charge in [0.2, 0.25) is 0 Å². The van der Waals surface area contributed by atoms with Gasteiger partial charge in [-0.15, -0.1) is 0 Å². The van der Waals surface area contributed by atoms with Crippen molar-refractivity contribution in [2.24, 2.45) is 0 Å². The molecular formula is C25H20ClNO. The zero-order valence-electron chi connectivity index (χ0n) is 15.3. The van der Waals surface area contributed by atoms with Crippen molar-refractivity contribution in [2.75, 3.05) is 4.90 Å². The van der Waals surface area contributed by atoms with E-state index in [9.17, 15) is 0 Å². The Morgan fingerprint density at radius 3 is 1.64 bits per heavy atom. The Balaban J connectivity index is 1.57. The summed E-state index contributed by atoms with van der Waals surface area (Å²) in [7, 11) is 0. The molecule has 0 atom stereocenters. The third-order valence-electron chi connectivity index (χ3n) is 4.48. The van der Waals surface area contributed by atoms with Crippen molar-refractivity contribution in [1.82, 2.24) is 0 Å². The van der Waals surface area contributed by atoms with Crippen LogP contribution in [0, 0.1) is 0 Å². The number of anilines is 3. The third-order valence-corrected chi connectivity index (χ3v) is 4.84. The molecule has 0 saturated carbocycles. The normalized spacial score (nSPS) is 10.5. The van der Waals surface area contributed by atoms with E-state index in [1.807, 2.05) is 72.8 Å². The van der Waals surface area contributed by atoms with E-state index >= 15 is 0 Å². The highest BCUT2D eigenvalue weighted by Crippen LogP contribution is 2.34. The first kappa shape index (κ1) is 18.1. The van der Waals surface area contributed by atoms with Crippen LogP contribution in [0.4, 0.5) is 17.1 Å². The molecule has 0 unspecified atom stereocenters. The number of nitrogens with zero attached hydrogens (tertiary/aromatic N) is 1. The Hall–Kier alpha value is -3.23. The first-order chi connectivity index (χ1) is 13.8. The Bertz CT molecular complexity index is 978. The Labute approximate surface area is 170 Å². The van der Waals surface area contributed by atoms with E-state index < -0.39 is 0 Å². The molecule has 0 spiro atoms. The van der Waals surface area contributed by atoms with E-state index in [4.69, 9.17) is 16.3 Å². The fourth-order valence-corrected chi connectivity index (χ4v) is 3.26. The van der Waals surface area contributed by atoms with Crippen molar-refractivity contribution in [3.05, 3.63) is 120 Å². The summed E-state index contributed by atoms with van der Waals surface area (Å²) >= 11 is 6.21. The Kier molecular flexibility index (Phi) is 5.60. The molecule has 0 bridgehead atoms. The maximum Gasteiger partial charge on any atom is 0.119 e. The molecule has 0 heterocycles. The summed E-state index contributed by atoms with van der Waals surface area (Å²) in [4.78, 5) is 2.22. The minimum atomic E-state index is 0.445. The van der Waals surface area contributed by atoms with Crippen molar-refractivity contribution < 1.29 is 4.74 Å². The minimum Gasteiger partial charge on any atom is -0.489 e. The van der Waals surface area contributed by atoms with Gasteiger partial charge in [-0.05, 0) is 54.6 Å². The van der Waals surface area contributed by atoms with Crippen molar-refractivity contribution in [3.8, 4) is 5.75 Å². The standard InChI is InChI=1S/C25H20ClNO/c26-25-14-8-7-9-20(25)19-28-24-17-15-23(16-18-24)27(21-10-3-1-4-11-21)22-12-5-2-6-13-22/h1-18H,19H2.